The zero-order valence-electron chi connectivity index (χ0n) is 14.9. The molecule has 0 bridgehead atoms. The number of rotatable bonds is 10. The van der Waals surface area contributed by atoms with Crippen LogP contribution in [0.2, 0.25) is 0 Å². The predicted molar refractivity (Wildman–Crippen MR) is 97.3 cm³/mol. The minimum Gasteiger partial charge on any atom is -0.466 e. The van der Waals surface area contributed by atoms with Crippen molar-refractivity contribution in [1.29, 1.82) is 0 Å². The fourth-order valence-corrected chi connectivity index (χ4v) is 2.32. The lowest BCUT2D eigenvalue weighted by Crippen LogP contribution is -2.34. The van der Waals surface area contributed by atoms with Crippen LogP contribution in [0.5, 0.6) is 0 Å². The van der Waals surface area contributed by atoms with Crippen molar-refractivity contribution in [2.75, 3.05) is 33.4 Å². The average Bonchev–Trinajstić information content (AvgIpc) is 2.55. The van der Waals surface area contributed by atoms with Gasteiger partial charge in [0.05, 0.1) is 26.1 Å². The van der Waals surface area contributed by atoms with Gasteiger partial charge < -0.3 is 14.3 Å². The minimum absolute atomic E-state index is 0.129. The highest BCUT2D eigenvalue weighted by Gasteiger charge is 2.19. The molecule has 0 saturated heterocycles. The topological polar surface area (TPSA) is 97.4 Å². The first-order chi connectivity index (χ1) is 11.8. The number of carbonyl (C=O) groups is 3. The van der Waals surface area contributed by atoms with E-state index in [0.29, 0.717) is 31.3 Å². The number of carbonyl (C=O) groups excluding carboxylic acids is 3. The zero-order chi connectivity index (χ0) is 19.2. The maximum atomic E-state index is 11.8. The Morgan fingerprint density at radius 1 is 1.04 bits per heavy atom. The number of nitrogens with one attached hydrogen (secondary N) is 1. The van der Waals surface area contributed by atoms with E-state index in [9.17, 15) is 14.4 Å². The highest BCUT2D eigenvalue weighted by molar-refractivity contribution is 7.95. The van der Waals surface area contributed by atoms with Crippen molar-refractivity contribution in [3.8, 4) is 0 Å². The molecule has 0 spiro atoms. The summed E-state index contributed by atoms with van der Waals surface area (Å²) >= 11 is 5.77. The molecule has 11 heteroatoms. The molecule has 1 amide bonds. The van der Waals surface area contributed by atoms with E-state index in [0.717, 1.165) is 12.1 Å². The van der Waals surface area contributed by atoms with Crippen molar-refractivity contribution >= 4 is 47.4 Å². The maximum Gasteiger partial charge on any atom is 0.444 e. The van der Waals surface area contributed by atoms with E-state index < -0.39 is 6.09 Å². The molecular weight excluding hydrogens is 370 g/mol. The Morgan fingerprint density at radius 3 is 1.92 bits per heavy atom. The molecule has 0 heterocycles. The molecule has 0 rings (SSSR count). The van der Waals surface area contributed by atoms with Crippen LogP contribution in [0.3, 0.4) is 0 Å². The molecule has 0 saturated carbocycles. The van der Waals surface area contributed by atoms with Gasteiger partial charge in [-0.2, -0.15) is 0 Å². The summed E-state index contributed by atoms with van der Waals surface area (Å²) in [5.74, 6) is -0.708. The van der Waals surface area contributed by atoms with E-state index in [2.05, 4.69) is 5.48 Å². The van der Waals surface area contributed by atoms with Gasteiger partial charge >= 0.3 is 18.0 Å². The van der Waals surface area contributed by atoms with Crippen LogP contribution in [-0.2, 0) is 23.9 Å². The standard InChI is InChI=1S/C14H25N3O6S2/c1-5-21-12(18)7-9-17(10-8-13(19)22-6-2)25-16(4)14(20)23-15-11(3)24/h5-10H2,1-4H3,(H,15,24). The van der Waals surface area contributed by atoms with Crippen LogP contribution in [0.15, 0.2) is 0 Å². The second-order valence-corrected chi connectivity index (χ2v) is 6.48. The lowest BCUT2D eigenvalue weighted by molar-refractivity contribution is -0.143. The lowest BCUT2D eigenvalue weighted by atomic mass is 10.4. The molecule has 0 aromatic carbocycles. The van der Waals surface area contributed by atoms with Gasteiger partial charge in [-0.25, -0.2) is 18.9 Å². The SMILES string of the molecule is CCOC(=O)CCN(CCC(=O)OCC)SN(C)C(=O)ONC(C)=S. The van der Waals surface area contributed by atoms with E-state index in [4.69, 9.17) is 26.5 Å². The number of nitrogens with zero attached hydrogens (tertiary/aromatic N) is 2. The van der Waals surface area contributed by atoms with Gasteiger partial charge in [-0.1, -0.05) is 12.2 Å². The molecule has 0 atom stereocenters. The second kappa shape index (κ2) is 13.7. The average molecular weight is 396 g/mol. The van der Waals surface area contributed by atoms with Gasteiger partial charge in [-0.05, 0) is 20.8 Å². The van der Waals surface area contributed by atoms with E-state index >= 15 is 0 Å². The molecule has 0 aromatic heterocycles. The highest BCUT2D eigenvalue weighted by atomic mass is 32.2. The Morgan fingerprint density at radius 2 is 1.52 bits per heavy atom. The Kier molecular flexibility index (Phi) is 12.8. The first-order valence-electron chi connectivity index (χ1n) is 7.75. The van der Waals surface area contributed by atoms with Gasteiger partial charge in [0.2, 0.25) is 0 Å². The molecule has 0 aromatic rings. The zero-order valence-corrected chi connectivity index (χ0v) is 16.5. The highest BCUT2D eigenvalue weighted by Crippen LogP contribution is 2.16. The van der Waals surface area contributed by atoms with E-state index in [1.54, 1.807) is 25.1 Å². The monoisotopic (exact) mass is 395 g/mol. The third-order valence-electron chi connectivity index (χ3n) is 2.52. The summed E-state index contributed by atoms with van der Waals surface area (Å²) in [5.41, 5.74) is 2.29. The quantitative estimate of drug-likeness (QED) is 0.193. The van der Waals surface area contributed by atoms with Crippen molar-refractivity contribution in [2.24, 2.45) is 0 Å². The molecule has 25 heavy (non-hydrogen) atoms. The summed E-state index contributed by atoms with van der Waals surface area (Å²) in [6, 6.07) is 0. The van der Waals surface area contributed by atoms with Crippen LogP contribution >= 0.6 is 24.4 Å². The van der Waals surface area contributed by atoms with Crippen LogP contribution in [0.25, 0.3) is 0 Å². The fraction of sp³-hybridized carbons (Fsp3) is 0.714. The molecule has 0 aliphatic rings. The molecular formula is C14H25N3O6S2. The van der Waals surface area contributed by atoms with Gasteiger partial charge in [-0.15, -0.1) is 0 Å². The van der Waals surface area contributed by atoms with Crippen molar-refractivity contribution in [3.05, 3.63) is 0 Å². The van der Waals surface area contributed by atoms with E-state index in [1.165, 1.54) is 11.4 Å². The summed E-state index contributed by atoms with van der Waals surface area (Å²) in [7, 11) is 1.50. The van der Waals surface area contributed by atoms with Gasteiger partial charge in [0.15, 0.2) is 0 Å². The van der Waals surface area contributed by atoms with Crippen LogP contribution in [0.4, 0.5) is 4.79 Å². The molecule has 0 aliphatic heterocycles. The van der Waals surface area contributed by atoms with E-state index in [-0.39, 0.29) is 24.8 Å². The summed E-state index contributed by atoms with van der Waals surface area (Å²) in [6.45, 7) is 6.19. The van der Waals surface area contributed by atoms with Crippen molar-refractivity contribution < 1.29 is 28.7 Å². The first kappa shape index (κ1) is 23.4. The number of hydrogen-bond donors (Lipinski definition) is 1. The fourth-order valence-electron chi connectivity index (χ4n) is 1.48. The van der Waals surface area contributed by atoms with Crippen molar-refractivity contribution in [2.45, 2.75) is 33.6 Å². The van der Waals surface area contributed by atoms with Crippen molar-refractivity contribution in [3.63, 3.8) is 0 Å². The number of hydrogen-bond acceptors (Lipinski definition) is 9. The van der Waals surface area contributed by atoms with Crippen LogP contribution in [0, 0.1) is 0 Å². The Balaban J connectivity index is 4.57. The third-order valence-corrected chi connectivity index (χ3v) is 3.59. The first-order valence-corrected chi connectivity index (χ1v) is 8.89. The minimum atomic E-state index is -0.675. The molecule has 144 valence electrons. The Hall–Kier alpha value is -1.59. The molecule has 1 N–H and O–H groups in total. The largest absolute Gasteiger partial charge is 0.466 e. The van der Waals surface area contributed by atoms with Gasteiger partial charge in [0.25, 0.3) is 0 Å². The molecule has 0 fully saturated rings. The second-order valence-electron chi connectivity index (χ2n) is 4.64. The molecule has 9 nitrogen and oxygen atoms in total. The van der Waals surface area contributed by atoms with Gasteiger partial charge in [0.1, 0.15) is 4.99 Å². The number of hydroxylamine groups is 1. The number of ether oxygens (including phenoxy) is 2. The third kappa shape index (κ3) is 12.4. The Bertz CT molecular complexity index is 442. The van der Waals surface area contributed by atoms with Crippen LogP contribution in [-0.4, -0.2) is 65.0 Å². The Labute approximate surface area is 157 Å². The normalized spacial score (nSPS) is 10.1. The number of amides is 1. The van der Waals surface area contributed by atoms with Gasteiger partial charge in [0, 0.05) is 32.3 Å². The molecule has 0 radical (unpaired) electrons. The van der Waals surface area contributed by atoms with Crippen LogP contribution < -0.4 is 5.48 Å². The smallest absolute Gasteiger partial charge is 0.444 e. The summed E-state index contributed by atoms with van der Waals surface area (Å²) in [6.07, 6.45) is -0.417. The van der Waals surface area contributed by atoms with E-state index in [1.807, 2.05) is 0 Å². The number of esters is 2. The summed E-state index contributed by atoms with van der Waals surface area (Å²) < 4.78 is 12.6. The van der Waals surface area contributed by atoms with Crippen molar-refractivity contribution in [1.82, 2.24) is 14.1 Å². The maximum absolute atomic E-state index is 11.8. The van der Waals surface area contributed by atoms with Crippen LogP contribution in [0.1, 0.15) is 33.6 Å². The predicted octanol–water partition coefficient (Wildman–Crippen LogP) is 1.68. The van der Waals surface area contributed by atoms with Gasteiger partial charge in [-0.3, -0.25) is 9.59 Å². The molecule has 0 aliphatic carbocycles. The summed E-state index contributed by atoms with van der Waals surface area (Å²) in [5, 5.41) is 0. The number of thiocarbonyl (C=S) groups is 1. The lowest BCUT2D eigenvalue weighted by Gasteiger charge is -2.24. The summed E-state index contributed by atoms with van der Waals surface area (Å²) in [4.78, 5) is 39.9. The molecule has 0 unspecified atom stereocenters.